The number of nitrogens with one attached hydrogen (secondary N) is 2. The van der Waals surface area contributed by atoms with E-state index in [0.717, 1.165) is 0 Å². The van der Waals surface area contributed by atoms with Crippen molar-refractivity contribution in [2.75, 3.05) is 7.11 Å². The molecule has 4 aliphatic rings. The lowest BCUT2D eigenvalue weighted by Crippen LogP contribution is -2.40. The van der Waals surface area contributed by atoms with Gasteiger partial charge in [-0.1, -0.05) is 20.8 Å². The molecule has 74 heavy (non-hydrogen) atoms. The van der Waals surface area contributed by atoms with Gasteiger partial charge in [0.2, 0.25) is 0 Å². The van der Waals surface area contributed by atoms with Crippen LogP contribution in [0.1, 0.15) is 171 Å². The van der Waals surface area contributed by atoms with Crippen LogP contribution in [0.4, 0.5) is 52.7 Å². The van der Waals surface area contributed by atoms with E-state index >= 15 is 4.79 Å². The van der Waals surface area contributed by atoms with Crippen molar-refractivity contribution in [3.8, 4) is 0 Å². The molecule has 2 aromatic carbocycles. The number of rotatable bonds is 9. The van der Waals surface area contributed by atoms with Crippen LogP contribution in [0.15, 0.2) is 59.6 Å². The van der Waals surface area contributed by atoms with Crippen molar-refractivity contribution in [2.45, 2.75) is 122 Å². The van der Waals surface area contributed by atoms with Crippen molar-refractivity contribution in [1.29, 1.82) is 0 Å². The summed E-state index contributed by atoms with van der Waals surface area (Å²) in [6, 6.07) is 7.11. The van der Waals surface area contributed by atoms with E-state index in [4.69, 9.17) is 14.7 Å². The van der Waals surface area contributed by atoms with E-state index in [2.05, 4.69) is 15.0 Å². The number of aryl methyl sites for hydroxylation is 1. The minimum atomic E-state index is -5.24. The minimum Gasteiger partial charge on any atom is -0.469 e. The molecule has 0 spiro atoms. The van der Waals surface area contributed by atoms with E-state index in [-0.39, 0.29) is 81.7 Å². The second-order valence-electron chi connectivity index (χ2n) is 18.8. The summed E-state index contributed by atoms with van der Waals surface area (Å²) in [5, 5.41) is 0. The Bertz CT molecular complexity index is 3200. The summed E-state index contributed by atoms with van der Waals surface area (Å²) in [7, 11) is 1.17. The highest BCUT2D eigenvalue weighted by Crippen LogP contribution is 2.47. The molecule has 0 fully saturated rings. The molecular formula is C52H46F12N6O4. The maximum atomic E-state index is 15.1. The second-order valence-corrected chi connectivity index (χ2v) is 18.8. The molecule has 6 heterocycles. The number of carbonyl (C=O) groups excluding carboxylic acids is 3. The van der Waals surface area contributed by atoms with E-state index in [1.807, 2.05) is 13.8 Å². The number of methoxy groups -OCH3 is 1. The predicted octanol–water partition coefficient (Wildman–Crippen LogP) is 13.9. The van der Waals surface area contributed by atoms with Gasteiger partial charge in [-0.05, 0) is 110 Å². The topological polar surface area (TPSA) is 133 Å². The van der Waals surface area contributed by atoms with Crippen LogP contribution in [-0.4, -0.2) is 55.4 Å². The van der Waals surface area contributed by atoms with E-state index < -0.39 is 95.2 Å². The molecule has 4 atom stereocenters. The zero-order valence-electron chi connectivity index (χ0n) is 40.5. The summed E-state index contributed by atoms with van der Waals surface area (Å²) < 4.78 is 172. The first-order chi connectivity index (χ1) is 34.4. The van der Waals surface area contributed by atoms with Crippen molar-refractivity contribution in [2.24, 2.45) is 4.99 Å². The lowest BCUT2D eigenvalue weighted by molar-refractivity contribution is -0.144. The first-order valence-electron chi connectivity index (χ1n) is 23.2. The zero-order chi connectivity index (χ0) is 54.3. The number of imide groups is 1. The highest BCUT2D eigenvalue weighted by atomic mass is 19.4. The molecule has 2 N–H and O–H groups in total. The smallest absolute Gasteiger partial charge is 0.416 e. The molecule has 0 saturated carbocycles. The zero-order valence-corrected chi connectivity index (χ0v) is 40.5. The van der Waals surface area contributed by atoms with E-state index in [0.29, 0.717) is 75.0 Å². The molecule has 8 bridgehead atoms. The highest BCUT2D eigenvalue weighted by Gasteiger charge is 2.43. The molecule has 4 aromatic rings. The fourth-order valence-electron chi connectivity index (χ4n) is 10.2. The quantitative estimate of drug-likeness (QED) is 0.0742. The highest BCUT2D eigenvalue weighted by molar-refractivity contribution is 6.29. The first-order valence-corrected chi connectivity index (χ1v) is 23.2. The van der Waals surface area contributed by atoms with Crippen LogP contribution in [0.3, 0.4) is 0 Å². The largest absolute Gasteiger partial charge is 0.469 e. The number of fused-ring (bicyclic) bond motifs is 8. The predicted molar refractivity (Wildman–Crippen MR) is 247 cm³/mol. The van der Waals surface area contributed by atoms with Gasteiger partial charge in [-0.3, -0.25) is 29.3 Å². The number of hydrogen-bond acceptors (Lipinski definition) is 7. The van der Waals surface area contributed by atoms with Gasteiger partial charge in [-0.25, -0.2) is 4.98 Å². The number of ether oxygens (including phenoxy) is 1. The van der Waals surface area contributed by atoms with Gasteiger partial charge in [0.1, 0.15) is 0 Å². The number of benzene rings is 2. The summed E-state index contributed by atoms with van der Waals surface area (Å²) >= 11 is 0. The molecule has 2 aromatic heterocycles. The summed E-state index contributed by atoms with van der Waals surface area (Å²) in [4.78, 5) is 64.1. The number of hydrogen-bond donors (Lipinski definition) is 2. The lowest BCUT2D eigenvalue weighted by Gasteiger charge is -2.27. The molecule has 0 saturated heterocycles. The average molecular weight is 1050 g/mol. The Labute approximate surface area is 414 Å². The number of aromatic nitrogens is 4. The third kappa shape index (κ3) is 10.0. The summed E-state index contributed by atoms with van der Waals surface area (Å²) in [5.41, 5.74) is -3.76. The van der Waals surface area contributed by atoms with Gasteiger partial charge in [0.05, 0.1) is 76.2 Å². The van der Waals surface area contributed by atoms with Crippen LogP contribution in [-0.2, 0) is 47.3 Å². The normalized spacial score (nSPS) is 19.1. The third-order valence-electron chi connectivity index (χ3n) is 14.1. The fourth-order valence-corrected chi connectivity index (χ4v) is 10.2. The van der Waals surface area contributed by atoms with Crippen molar-refractivity contribution < 1.29 is 71.8 Å². The van der Waals surface area contributed by atoms with Crippen molar-refractivity contribution in [3.63, 3.8) is 0 Å². The number of nitrogens with zero attached hydrogens (tertiary/aromatic N) is 4. The molecule has 4 aliphatic heterocycles. The Hall–Kier alpha value is -7.00. The van der Waals surface area contributed by atoms with Crippen LogP contribution < -0.4 is 0 Å². The van der Waals surface area contributed by atoms with Gasteiger partial charge < -0.3 is 14.7 Å². The SMILES string of the molecule is CCC1c2cc3[nH]c4c(c5nc(cc6nc(cc([nH]2)C1C)C(C(C)=NCc1cc(C(F)(F)F)cc(C(F)(F)F)c1)=C6C)C(C)[C@@H]5CCC(=O)OC)C(=O)N(Cc1cc(C(F)(F)F)cc(C(F)(F)F)c1)C(=O)c4c3C. The molecule has 2 amide bonds. The first kappa shape index (κ1) is 53.3. The van der Waals surface area contributed by atoms with Gasteiger partial charge in [0.25, 0.3) is 11.8 Å². The molecule has 392 valence electrons. The minimum absolute atomic E-state index is 0.00336. The Kier molecular flexibility index (Phi) is 13.7. The van der Waals surface area contributed by atoms with E-state index in [1.54, 1.807) is 39.0 Å². The Balaban J connectivity index is 1.39. The number of alkyl halides is 12. The average Bonchev–Trinajstić information content (AvgIpc) is 4.00. The molecule has 0 radical (unpaired) electrons. The molecule has 3 unspecified atom stereocenters. The van der Waals surface area contributed by atoms with E-state index in [9.17, 15) is 62.3 Å². The summed E-state index contributed by atoms with van der Waals surface area (Å²) in [6.07, 6.45) is -20.3. The molecule has 8 rings (SSSR count). The monoisotopic (exact) mass is 1050 g/mol. The number of allylic oxidation sites excluding steroid dienone is 2. The fraction of sp³-hybridized carbons (Fsp3) is 0.385. The van der Waals surface area contributed by atoms with Crippen LogP contribution in [0, 0.1) is 6.92 Å². The molecule has 0 aliphatic carbocycles. The van der Waals surface area contributed by atoms with Crippen molar-refractivity contribution >= 4 is 45.7 Å². The van der Waals surface area contributed by atoms with Crippen LogP contribution in [0.5, 0.6) is 0 Å². The number of H-pyrrole nitrogens is 2. The lowest BCUT2D eigenvalue weighted by atomic mass is 9.84. The van der Waals surface area contributed by atoms with Gasteiger partial charge in [-0.15, -0.1) is 0 Å². The Morgan fingerprint density at radius 2 is 1.24 bits per heavy atom. The van der Waals surface area contributed by atoms with Crippen LogP contribution in [0.25, 0.3) is 22.2 Å². The maximum absolute atomic E-state index is 15.1. The third-order valence-corrected chi connectivity index (χ3v) is 14.1. The molecule has 22 heteroatoms. The number of aromatic amines is 2. The van der Waals surface area contributed by atoms with Crippen molar-refractivity contribution in [3.05, 3.63) is 139 Å². The Morgan fingerprint density at radius 3 is 1.78 bits per heavy atom. The van der Waals surface area contributed by atoms with Gasteiger partial charge in [0, 0.05) is 64.0 Å². The number of halogens is 12. The Morgan fingerprint density at radius 1 is 0.689 bits per heavy atom. The summed E-state index contributed by atoms with van der Waals surface area (Å²) in [6.45, 7) is 8.79. The second kappa shape index (κ2) is 19.0. The van der Waals surface area contributed by atoms with Gasteiger partial charge in [0.15, 0.2) is 0 Å². The van der Waals surface area contributed by atoms with Crippen molar-refractivity contribution in [1.82, 2.24) is 24.8 Å². The number of amides is 2. The molecule has 10 nitrogen and oxygen atoms in total. The number of esters is 1. The number of carbonyl (C=O) groups is 3. The van der Waals surface area contributed by atoms with E-state index in [1.165, 1.54) is 14.0 Å². The van der Waals surface area contributed by atoms with Crippen LogP contribution >= 0.6 is 0 Å². The van der Waals surface area contributed by atoms with Crippen LogP contribution in [0.2, 0.25) is 0 Å². The van der Waals surface area contributed by atoms with Gasteiger partial charge in [-0.2, -0.15) is 52.7 Å². The van der Waals surface area contributed by atoms with Gasteiger partial charge >= 0.3 is 30.7 Å². The maximum Gasteiger partial charge on any atom is 0.416 e. The summed E-state index contributed by atoms with van der Waals surface area (Å²) in [5.74, 6) is -4.67. The molecular weight excluding hydrogens is 1000 g/mol. The standard InChI is InChI=1S/C52H46F12N6O4/c1-8-33-22(2)35-19-40-42(26(6)65-20-27-11-29(49(53,54)55)15-30(12-27)50(56,57)58)24(4)37(67-40)17-36-23(3)34(9-10-41(71)74-7)45(68-36)44-46-43(25(5)38(69-46)18-39(33)66-35)47(72)70(48(44)73)21-28-13-31(51(59,60)61)16-32(14-28)52(62,63)64/h11-19,22-23,33-34,66,69H,8-10,20-21H2,1-7H3/t22?,23?,33?,34-/m0/s1. The number of aliphatic imine (C=N–C) groups is 1.